The lowest BCUT2D eigenvalue weighted by Gasteiger charge is -2.38. The Bertz CT molecular complexity index is 1250. The molecule has 198 valence electrons. The van der Waals surface area contributed by atoms with Crippen LogP contribution in [0.15, 0.2) is 23.1 Å². The van der Waals surface area contributed by atoms with E-state index in [0.29, 0.717) is 50.2 Å². The van der Waals surface area contributed by atoms with Crippen molar-refractivity contribution < 1.29 is 22.0 Å². The monoisotopic (exact) mass is 521 g/mol. The van der Waals surface area contributed by atoms with Crippen LogP contribution in [-0.2, 0) is 26.8 Å². The molecule has 3 aliphatic rings. The van der Waals surface area contributed by atoms with Crippen molar-refractivity contribution >= 4 is 26.8 Å². The molecule has 2 aliphatic carbocycles. The van der Waals surface area contributed by atoms with Crippen LogP contribution in [0.25, 0.3) is 11.0 Å². The number of carbonyl (C=O) groups is 1. The van der Waals surface area contributed by atoms with Crippen molar-refractivity contribution in [2.75, 3.05) is 13.1 Å². The Morgan fingerprint density at radius 3 is 2.36 bits per heavy atom. The first-order valence-corrected chi connectivity index (χ1v) is 14.7. The van der Waals surface area contributed by atoms with Crippen molar-refractivity contribution in [3.8, 4) is 0 Å². The number of rotatable bonds is 8. The van der Waals surface area contributed by atoms with Gasteiger partial charge in [0.1, 0.15) is 11.6 Å². The van der Waals surface area contributed by atoms with Gasteiger partial charge >= 0.3 is 0 Å². The Balaban J connectivity index is 1.32. The molecular weight excluding hydrogens is 484 g/mol. The maximum absolute atomic E-state index is 13.7. The SMILES string of the molecule is CC(C)(C)c1nc2cc(S(=O)(=O)N3CC(CCC(=O)C4CC4)C3)ccc2n1CC1CCC(F)(F)CC1. The summed E-state index contributed by atoms with van der Waals surface area (Å²) in [6.45, 7) is 7.69. The molecule has 0 amide bonds. The zero-order chi connectivity index (χ0) is 25.9. The summed E-state index contributed by atoms with van der Waals surface area (Å²) in [5.74, 6) is -0.750. The van der Waals surface area contributed by atoms with E-state index in [4.69, 9.17) is 4.98 Å². The number of halogens is 2. The van der Waals surface area contributed by atoms with Crippen molar-refractivity contribution in [2.45, 2.75) is 94.9 Å². The van der Waals surface area contributed by atoms with Crippen LogP contribution in [0.2, 0.25) is 0 Å². The van der Waals surface area contributed by atoms with Crippen LogP contribution in [0.1, 0.15) is 78.0 Å². The molecule has 36 heavy (non-hydrogen) atoms. The van der Waals surface area contributed by atoms with Gasteiger partial charge in [-0.1, -0.05) is 20.8 Å². The Morgan fingerprint density at radius 2 is 1.75 bits per heavy atom. The Kier molecular flexibility index (Phi) is 6.55. The van der Waals surface area contributed by atoms with E-state index in [9.17, 15) is 22.0 Å². The fourth-order valence-electron chi connectivity index (χ4n) is 5.57. The van der Waals surface area contributed by atoms with Gasteiger partial charge < -0.3 is 4.57 Å². The molecule has 0 N–H and O–H groups in total. The highest BCUT2D eigenvalue weighted by Gasteiger charge is 2.39. The lowest BCUT2D eigenvalue weighted by molar-refractivity contribution is -0.120. The van der Waals surface area contributed by atoms with Crippen molar-refractivity contribution in [1.29, 1.82) is 0 Å². The highest BCUT2D eigenvalue weighted by molar-refractivity contribution is 7.89. The van der Waals surface area contributed by atoms with Gasteiger partial charge in [-0.05, 0) is 62.1 Å². The van der Waals surface area contributed by atoms with Crippen LogP contribution < -0.4 is 0 Å². The van der Waals surface area contributed by atoms with Crippen molar-refractivity contribution in [2.24, 2.45) is 17.8 Å². The highest BCUT2D eigenvalue weighted by Crippen LogP contribution is 2.39. The summed E-state index contributed by atoms with van der Waals surface area (Å²) in [5.41, 5.74) is 1.18. The van der Waals surface area contributed by atoms with Gasteiger partial charge in [0.25, 0.3) is 0 Å². The molecule has 0 spiro atoms. The van der Waals surface area contributed by atoms with E-state index in [-0.39, 0.29) is 40.9 Å². The largest absolute Gasteiger partial charge is 0.327 e. The summed E-state index contributed by atoms with van der Waals surface area (Å²) in [6.07, 6.45) is 4.13. The third kappa shape index (κ3) is 5.23. The Hall–Kier alpha value is -1.87. The minimum Gasteiger partial charge on any atom is -0.327 e. The lowest BCUT2D eigenvalue weighted by Crippen LogP contribution is -2.49. The summed E-state index contributed by atoms with van der Waals surface area (Å²) in [4.78, 5) is 17.0. The van der Waals surface area contributed by atoms with E-state index in [1.807, 2.05) is 6.07 Å². The quantitative estimate of drug-likeness (QED) is 0.457. The van der Waals surface area contributed by atoms with Crippen LogP contribution in [0, 0.1) is 17.8 Å². The molecule has 0 atom stereocenters. The molecule has 2 heterocycles. The maximum atomic E-state index is 13.7. The summed E-state index contributed by atoms with van der Waals surface area (Å²) in [7, 11) is -3.63. The number of imidazole rings is 1. The van der Waals surface area contributed by atoms with Gasteiger partial charge in [0.2, 0.25) is 15.9 Å². The van der Waals surface area contributed by atoms with Gasteiger partial charge in [0.15, 0.2) is 0 Å². The number of ketones is 1. The number of fused-ring (bicyclic) bond motifs is 1. The predicted octanol–water partition coefficient (Wildman–Crippen LogP) is 5.54. The molecule has 1 aliphatic heterocycles. The van der Waals surface area contributed by atoms with Crippen LogP contribution in [0.5, 0.6) is 0 Å². The van der Waals surface area contributed by atoms with Crippen LogP contribution in [-0.4, -0.2) is 47.1 Å². The fourth-order valence-corrected chi connectivity index (χ4v) is 7.19. The van der Waals surface area contributed by atoms with Crippen molar-refractivity contribution in [3.63, 3.8) is 0 Å². The van der Waals surface area contributed by atoms with E-state index in [2.05, 4.69) is 25.3 Å². The fraction of sp³-hybridized carbons (Fsp3) is 0.704. The standard InChI is InChI=1S/C27H37F2N3O3S/c1-26(2,3)25-30-22-14-21(7-8-23(22)32(25)17-18-10-12-27(28,29)13-11-18)36(34,35)31-15-19(16-31)4-9-24(33)20-5-6-20/h7-8,14,18-20H,4-6,9-13,15-17H2,1-3H3. The molecule has 1 aromatic heterocycles. The molecule has 1 saturated heterocycles. The van der Waals surface area contributed by atoms with E-state index >= 15 is 0 Å². The molecule has 1 aromatic carbocycles. The average Bonchev–Trinajstić information content (AvgIpc) is 3.55. The number of nitrogens with zero attached hydrogens (tertiary/aromatic N) is 3. The van der Waals surface area contributed by atoms with Gasteiger partial charge in [-0.3, -0.25) is 4.79 Å². The normalized spacial score (nSPS) is 22.1. The number of aromatic nitrogens is 2. The molecule has 0 bridgehead atoms. The minimum atomic E-state index is -3.63. The summed E-state index contributed by atoms with van der Waals surface area (Å²) in [5, 5.41) is 0. The third-order valence-electron chi connectivity index (χ3n) is 8.06. The second-order valence-corrected chi connectivity index (χ2v) is 14.2. The van der Waals surface area contributed by atoms with Crippen LogP contribution >= 0.6 is 0 Å². The zero-order valence-electron chi connectivity index (χ0n) is 21.5. The molecule has 2 aromatic rings. The van der Waals surface area contributed by atoms with Gasteiger partial charge in [0.05, 0.1) is 15.9 Å². The lowest BCUT2D eigenvalue weighted by atomic mass is 9.86. The minimum absolute atomic E-state index is 0.0802. The smallest absolute Gasteiger partial charge is 0.248 e. The molecule has 9 heteroatoms. The molecule has 0 unspecified atom stereocenters. The van der Waals surface area contributed by atoms with E-state index in [1.54, 1.807) is 12.1 Å². The van der Waals surface area contributed by atoms with Gasteiger partial charge in [-0.2, -0.15) is 4.31 Å². The number of carbonyl (C=O) groups excluding carboxylic acids is 1. The van der Waals surface area contributed by atoms with Crippen LogP contribution in [0.3, 0.4) is 0 Å². The van der Waals surface area contributed by atoms with Crippen molar-refractivity contribution in [3.05, 3.63) is 24.0 Å². The predicted molar refractivity (Wildman–Crippen MR) is 135 cm³/mol. The third-order valence-corrected chi connectivity index (χ3v) is 9.89. The number of hydrogen-bond acceptors (Lipinski definition) is 4. The second-order valence-electron chi connectivity index (χ2n) is 12.2. The number of hydrogen-bond donors (Lipinski definition) is 0. The number of alkyl halides is 2. The Morgan fingerprint density at radius 1 is 1.08 bits per heavy atom. The van der Waals surface area contributed by atoms with E-state index in [0.717, 1.165) is 30.6 Å². The number of sulfonamides is 1. The van der Waals surface area contributed by atoms with Crippen LogP contribution in [0.4, 0.5) is 8.78 Å². The molecular formula is C27H37F2N3O3S. The van der Waals surface area contributed by atoms with E-state index in [1.165, 1.54) is 4.31 Å². The first kappa shape index (κ1) is 25.8. The summed E-state index contributed by atoms with van der Waals surface area (Å²) < 4.78 is 57.5. The van der Waals surface area contributed by atoms with Gasteiger partial charge in [-0.15, -0.1) is 0 Å². The molecule has 5 rings (SSSR count). The number of Topliss-reactive ketones (excluding diaryl/α,β-unsaturated/α-hetero) is 1. The first-order valence-electron chi connectivity index (χ1n) is 13.2. The molecule has 2 saturated carbocycles. The second kappa shape index (κ2) is 9.15. The Labute approximate surface area is 212 Å². The highest BCUT2D eigenvalue weighted by atomic mass is 32.2. The van der Waals surface area contributed by atoms with Gasteiger partial charge in [0, 0.05) is 50.2 Å². The molecule has 6 nitrogen and oxygen atoms in total. The molecule has 3 fully saturated rings. The van der Waals surface area contributed by atoms with Crippen molar-refractivity contribution in [1.82, 2.24) is 13.9 Å². The summed E-state index contributed by atoms with van der Waals surface area (Å²) >= 11 is 0. The summed E-state index contributed by atoms with van der Waals surface area (Å²) in [6, 6.07) is 5.10. The van der Waals surface area contributed by atoms with Gasteiger partial charge in [-0.25, -0.2) is 22.2 Å². The zero-order valence-corrected chi connectivity index (χ0v) is 22.3. The average molecular weight is 522 g/mol. The first-order chi connectivity index (χ1) is 16.8. The number of benzene rings is 1. The van der Waals surface area contributed by atoms with E-state index < -0.39 is 15.9 Å². The molecule has 0 radical (unpaired) electrons. The maximum Gasteiger partial charge on any atom is 0.248 e. The topological polar surface area (TPSA) is 72.3 Å².